The average Bonchev–Trinajstić information content (AvgIpc) is 3.70. The molecule has 0 bridgehead atoms. The maximum atomic E-state index is 2.48. The first kappa shape index (κ1) is 35.8. The van der Waals surface area contributed by atoms with Crippen molar-refractivity contribution in [1.29, 1.82) is 0 Å². The van der Waals surface area contributed by atoms with Gasteiger partial charge in [0.05, 0.1) is 22.1 Å². The molecule has 2 heterocycles. The number of hydrogen-bond acceptors (Lipinski definition) is 0. The highest BCUT2D eigenvalue weighted by molar-refractivity contribution is 6.12. The van der Waals surface area contributed by atoms with E-state index in [2.05, 4.69) is 223 Å². The number of nitrogens with zero attached hydrogens (tertiary/aromatic N) is 2. The van der Waals surface area contributed by atoms with Gasteiger partial charge >= 0.3 is 0 Å². The Hall–Kier alpha value is -5.86. The second-order valence-electron chi connectivity index (χ2n) is 18.7. The first-order chi connectivity index (χ1) is 26.7. The van der Waals surface area contributed by atoms with E-state index in [0.29, 0.717) is 0 Å². The summed E-state index contributed by atoms with van der Waals surface area (Å²) in [7, 11) is 0. The maximum absolute atomic E-state index is 2.48. The first-order valence-corrected chi connectivity index (χ1v) is 20.1. The fourth-order valence-electron chi connectivity index (χ4n) is 8.78. The molecule has 7 aromatic carbocycles. The first-order valence-electron chi connectivity index (χ1n) is 20.1. The van der Waals surface area contributed by atoms with E-state index < -0.39 is 0 Å². The fourth-order valence-corrected chi connectivity index (χ4v) is 8.78. The van der Waals surface area contributed by atoms with Crippen molar-refractivity contribution in [3.05, 3.63) is 168 Å². The van der Waals surface area contributed by atoms with Crippen LogP contribution in [-0.2, 0) is 16.2 Å². The number of fused-ring (bicyclic) bond motifs is 6. The molecule has 9 rings (SSSR count). The lowest BCUT2D eigenvalue weighted by Gasteiger charge is -2.23. The number of benzene rings is 7. The van der Waals surface area contributed by atoms with Gasteiger partial charge in [-0.25, -0.2) is 0 Å². The zero-order chi connectivity index (χ0) is 39.1. The summed E-state index contributed by atoms with van der Waals surface area (Å²) in [6, 6.07) is 56.8. The van der Waals surface area contributed by atoms with E-state index >= 15 is 0 Å². The summed E-state index contributed by atoms with van der Waals surface area (Å²) in [4.78, 5) is 0. The topological polar surface area (TPSA) is 9.86 Å². The molecule has 0 N–H and O–H groups in total. The average molecular weight is 729 g/mol. The minimum Gasteiger partial charge on any atom is -0.309 e. The minimum absolute atomic E-state index is 0.00727. The van der Waals surface area contributed by atoms with Crippen molar-refractivity contribution in [1.82, 2.24) is 9.13 Å². The van der Waals surface area contributed by atoms with Crippen molar-refractivity contribution in [2.45, 2.75) is 78.6 Å². The van der Waals surface area contributed by atoms with Gasteiger partial charge in [0.2, 0.25) is 0 Å². The third-order valence-corrected chi connectivity index (χ3v) is 11.8. The van der Waals surface area contributed by atoms with Gasteiger partial charge in [-0.15, -0.1) is 0 Å². The molecular formula is C54H52N2. The summed E-state index contributed by atoms with van der Waals surface area (Å²) in [5.74, 6) is 0. The second kappa shape index (κ2) is 12.8. The van der Waals surface area contributed by atoms with Crippen LogP contribution in [0.3, 0.4) is 0 Å². The van der Waals surface area contributed by atoms with Crippen molar-refractivity contribution in [2.75, 3.05) is 0 Å². The van der Waals surface area contributed by atoms with E-state index in [4.69, 9.17) is 0 Å². The van der Waals surface area contributed by atoms with E-state index in [1.807, 2.05) is 0 Å². The molecule has 0 aliphatic carbocycles. The largest absolute Gasteiger partial charge is 0.309 e. The molecule has 56 heavy (non-hydrogen) atoms. The number of aromatic nitrogens is 2. The Morgan fingerprint density at radius 1 is 0.321 bits per heavy atom. The molecule has 0 radical (unpaired) electrons. The van der Waals surface area contributed by atoms with Gasteiger partial charge in [-0.05, 0) is 97.7 Å². The lowest BCUT2D eigenvalue weighted by molar-refractivity contribution is 0.590. The van der Waals surface area contributed by atoms with Gasteiger partial charge in [-0.1, -0.05) is 172 Å². The van der Waals surface area contributed by atoms with Crippen LogP contribution in [0.4, 0.5) is 0 Å². The van der Waals surface area contributed by atoms with Crippen LogP contribution in [-0.4, -0.2) is 9.13 Å². The summed E-state index contributed by atoms with van der Waals surface area (Å²) in [5, 5.41) is 5.17. The molecule has 0 fully saturated rings. The quantitative estimate of drug-likeness (QED) is 0.171. The van der Waals surface area contributed by atoms with Crippen LogP contribution in [0.5, 0.6) is 0 Å². The van der Waals surface area contributed by atoms with Crippen LogP contribution < -0.4 is 0 Å². The zero-order valence-corrected chi connectivity index (χ0v) is 34.3. The maximum Gasteiger partial charge on any atom is 0.0578 e. The molecule has 9 aromatic rings. The molecule has 0 atom stereocenters. The van der Waals surface area contributed by atoms with Gasteiger partial charge in [-0.3, -0.25) is 0 Å². The van der Waals surface area contributed by atoms with E-state index in [-0.39, 0.29) is 16.2 Å². The lowest BCUT2D eigenvalue weighted by Crippen LogP contribution is -2.13. The van der Waals surface area contributed by atoms with Gasteiger partial charge in [0.15, 0.2) is 0 Å². The minimum atomic E-state index is -0.00727. The monoisotopic (exact) mass is 728 g/mol. The van der Waals surface area contributed by atoms with Crippen LogP contribution in [0.1, 0.15) is 79.0 Å². The van der Waals surface area contributed by atoms with Crippen LogP contribution >= 0.6 is 0 Å². The van der Waals surface area contributed by atoms with E-state index in [1.54, 1.807) is 0 Å². The number of rotatable bonds is 4. The van der Waals surface area contributed by atoms with Gasteiger partial charge in [0.25, 0.3) is 0 Å². The highest BCUT2D eigenvalue weighted by atomic mass is 15.0. The van der Waals surface area contributed by atoms with Crippen LogP contribution in [0.2, 0.25) is 0 Å². The van der Waals surface area contributed by atoms with Crippen LogP contribution in [0.25, 0.3) is 77.2 Å². The van der Waals surface area contributed by atoms with E-state index in [1.165, 1.54) is 93.9 Å². The van der Waals surface area contributed by atoms with E-state index in [9.17, 15) is 0 Å². The summed E-state index contributed by atoms with van der Waals surface area (Å²) in [5.41, 5.74) is 16.5. The van der Waals surface area contributed by atoms with Gasteiger partial charge in [-0.2, -0.15) is 0 Å². The van der Waals surface area contributed by atoms with E-state index in [0.717, 1.165) is 0 Å². The SMILES string of the molecule is CC(C)(C)c1ccc(-n2c3ccc(-c4ccc(-c5ccc(-n6c7ccccc7c7cccc(C(C)(C)C)c76)cc5)cc4)cc3c3cccc(C(C)(C)C)c32)cc1. The number of para-hydroxylation sites is 3. The molecule has 2 aromatic heterocycles. The summed E-state index contributed by atoms with van der Waals surface area (Å²) in [6.45, 7) is 20.7. The Bertz CT molecular complexity index is 2910. The molecule has 0 saturated heterocycles. The third kappa shape index (κ3) is 5.95. The van der Waals surface area contributed by atoms with Crippen molar-refractivity contribution in [3.63, 3.8) is 0 Å². The molecule has 2 nitrogen and oxygen atoms in total. The Balaban J connectivity index is 1.09. The Kier molecular flexibility index (Phi) is 8.22. The fraction of sp³-hybridized carbons (Fsp3) is 0.222. The van der Waals surface area contributed by atoms with Gasteiger partial charge < -0.3 is 9.13 Å². The van der Waals surface area contributed by atoms with Crippen molar-refractivity contribution >= 4 is 43.6 Å². The molecule has 0 unspecified atom stereocenters. The summed E-state index contributed by atoms with van der Waals surface area (Å²) < 4.78 is 4.94. The molecular weight excluding hydrogens is 677 g/mol. The molecule has 2 heteroatoms. The third-order valence-electron chi connectivity index (χ3n) is 11.8. The molecule has 0 saturated carbocycles. The Labute approximate surface area is 332 Å². The molecule has 0 spiro atoms. The predicted molar refractivity (Wildman–Crippen MR) is 242 cm³/mol. The summed E-state index contributed by atoms with van der Waals surface area (Å²) in [6.07, 6.45) is 0. The molecule has 0 aliphatic rings. The zero-order valence-electron chi connectivity index (χ0n) is 34.3. The van der Waals surface area contributed by atoms with Crippen LogP contribution in [0, 0.1) is 0 Å². The summed E-state index contributed by atoms with van der Waals surface area (Å²) >= 11 is 0. The van der Waals surface area contributed by atoms with Crippen molar-refractivity contribution in [3.8, 4) is 33.6 Å². The highest BCUT2D eigenvalue weighted by Gasteiger charge is 2.24. The van der Waals surface area contributed by atoms with Crippen LogP contribution in [0.15, 0.2) is 152 Å². The Morgan fingerprint density at radius 2 is 0.732 bits per heavy atom. The second-order valence-corrected chi connectivity index (χ2v) is 18.7. The molecule has 0 aliphatic heterocycles. The molecule has 0 amide bonds. The molecule has 278 valence electrons. The Morgan fingerprint density at radius 3 is 1.25 bits per heavy atom. The normalized spacial score (nSPS) is 12.7. The van der Waals surface area contributed by atoms with Gasteiger partial charge in [0.1, 0.15) is 0 Å². The van der Waals surface area contributed by atoms with Crippen molar-refractivity contribution in [2.24, 2.45) is 0 Å². The number of hydrogen-bond donors (Lipinski definition) is 0. The predicted octanol–water partition coefficient (Wildman–Crippen LogP) is 15.1. The van der Waals surface area contributed by atoms with Crippen molar-refractivity contribution < 1.29 is 0 Å². The van der Waals surface area contributed by atoms with Gasteiger partial charge in [0, 0.05) is 32.9 Å². The smallest absolute Gasteiger partial charge is 0.0578 e. The lowest BCUT2D eigenvalue weighted by atomic mass is 9.85. The standard InChI is InChI=1S/C54H52N2/c1-52(2,3)39-27-31-41(32-28-39)56-49-33-26-38(34-45(49)44-16-13-18-47(51(44)56)54(7,8)9)37-22-20-35(21-23-37)36-24-29-40(30-25-36)55-48-19-11-10-14-42(48)43-15-12-17-46(50(43)55)53(4,5)6/h10-34H,1-9H3. The highest BCUT2D eigenvalue weighted by Crippen LogP contribution is 2.41.